The third kappa shape index (κ3) is 5.68. The highest BCUT2D eigenvalue weighted by molar-refractivity contribution is 7.92. The molecule has 0 saturated heterocycles. The van der Waals surface area contributed by atoms with Gasteiger partial charge in [0.1, 0.15) is 17.6 Å². The second-order valence-electron chi connectivity index (χ2n) is 6.01. The lowest BCUT2D eigenvalue weighted by molar-refractivity contribution is -0.122. The van der Waals surface area contributed by atoms with Gasteiger partial charge in [0.15, 0.2) is 0 Å². The van der Waals surface area contributed by atoms with Gasteiger partial charge in [-0.15, -0.1) is 0 Å². The van der Waals surface area contributed by atoms with Gasteiger partial charge < -0.3 is 10.1 Å². The van der Waals surface area contributed by atoms with Crippen LogP contribution in [0.5, 0.6) is 5.75 Å². The van der Waals surface area contributed by atoms with E-state index in [0.717, 1.165) is 27.9 Å². The topological polar surface area (TPSA) is 75.7 Å². The molecule has 1 atom stereocenters. The average molecular weight is 394 g/mol. The quantitative estimate of drug-likeness (QED) is 0.747. The van der Waals surface area contributed by atoms with Crippen LogP contribution in [-0.2, 0) is 21.4 Å². The van der Waals surface area contributed by atoms with E-state index in [9.17, 15) is 17.6 Å². The van der Waals surface area contributed by atoms with Crippen molar-refractivity contribution in [3.05, 3.63) is 59.9 Å². The number of ether oxygens (including phenoxy) is 1. The molecule has 0 fully saturated rings. The molecule has 0 aromatic heterocycles. The third-order valence-electron chi connectivity index (χ3n) is 3.85. The van der Waals surface area contributed by atoms with Gasteiger partial charge >= 0.3 is 0 Å². The second kappa shape index (κ2) is 8.85. The molecule has 0 aliphatic heterocycles. The summed E-state index contributed by atoms with van der Waals surface area (Å²) in [6.07, 6.45) is 0.980. The van der Waals surface area contributed by atoms with Crippen LogP contribution in [0.25, 0.3) is 0 Å². The van der Waals surface area contributed by atoms with Crippen LogP contribution in [-0.4, -0.2) is 33.2 Å². The van der Waals surface area contributed by atoms with Crippen molar-refractivity contribution in [2.24, 2.45) is 0 Å². The van der Waals surface area contributed by atoms with Crippen LogP contribution in [0.3, 0.4) is 0 Å². The van der Waals surface area contributed by atoms with E-state index in [0.29, 0.717) is 6.61 Å². The summed E-state index contributed by atoms with van der Waals surface area (Å²) in [5.41, 5.74) is 0.942. The maximum absolute atomic E-state index is 13.5. The van der Waals surface area contributed by atoms with E-state index in [1.54, 1.807) is 12.1 Å². The summed E-state index contributed by atoms with van der Waals surface area (Å²) in [7, 11) is -3.78. The molecule has 0 aliphatic rings. The molecule has 2 aromatic rings. The SMILES string of the molecule is CCOc1ccc(CNC(=O)[C@H](C)N(c2cccc(F)c2)S(C)(=O)=O)cc1. The van der Waals surface area contributed by atoms with Gasteiger partial charge in [-0.1, -0.05) is 18.2 Å². The predicted molar refractivity (Wildman–Crippen MR) is 103 cm³/mol. The zero-order valence-electron chi connectivity index (χ0n) is 15.5. The van der Waals surface area contributed by atoms with E-state index in [1.807, 2.05) is 19.1 Å². The van der Waals surface area contributed by atoms with E-state index in [4.69, 9.17) is 4.74 Å². The summed E-state index contributed by atoms with van der Waals surface area (Å²) in [5.74, 6) is -0.336. The number of halogens is 1. The van der Waals surface area contributed by atoms with Crippen LogP contribution in [0.4, 0.5) is 10.1 Å². The lowest BCUT2D eigenvalue weighted by Gasteiger charge is -2.28. The molecule has 1 amide bonds. The molecule has 0 radical (unpaired) electrons. The van der Waals surface area contributed by atoms with Crippen LogP contribution >= 0.6 is 0 Å². The summed E-state index contributed by atoms with van der Waals surface area (Å²) in [4.78, 5) is 12.5. The van der Waals surface area contributed by atoms with Crippen molar-refractivity contribution in [1.82, 2.24) is 5.32 Å². The minimum Gasteiger partial charge on any atom is -0.494 e. The number of benzene rings is 2. The Bertz CT molecular complexity index is 885. The number of hydrogen-bond donors (Lipinski definition) is 1. The lowest BCUT2D eigenvalue weighted by Crippen LogP contribution is -2.47. The molecular formula is C19H23FN2O4S. The van der Waals surface area contributed by atoms with Gasteiger partial charge in [-0.05, 0) is 49.7 Å². The van der Waals surface area contributed by atoms with Gasteiger partial charge in [-0.2, -0.15) is 0 Å². The number of anilines is 1. The van der Waals surface area contributed by atoms with Gasteiger partial charge in [0.05, 0.1) is 18.6 Å². The summed E-state index contributed by atoms with van der Waals surface area (Å²) >= 11 is 0. The van der Waals surface area contributed by atoms with Crippen LogP contribution in [0.1, 0.15) is 19.4 Å². The van der Waals surface area contributed by atoms with Gasteiger partial charge in [0.2, 0.25) is 15.9 Å². The summed E-state index contributed by atoms with van der Waals surface area (Å²) in [5, 5.41) is 2.71. The highest BCUT2D eigenvalue weighted by Gasteiger charge is 2.29. The highest BCUT2D eigenvalue weighted by atomic mass is 32.2. The fourth-order valence-electron chi connectivity index (χ4n) is 2.63. The molecule has 27 heavy (non-hydrogen) atoms. The maximum Gasteiger partial charge on any atom is 0.243 e. The Balaban J connectivity index is 2.11. The molecule has 1 N–H and O–H groups in total. The minimum absolute atomic E-state index is 0.0983. The lowest BCUT2D eigenvalue weighted by atomic mass is 10.2. The molecule has 8 heteroatoms. The number of hydrogen-bond acceptors (Lipinski definition) is 4. The van der Waals surface area contributed by atoms with E-state index in [2.05, 4.69) is 5.32 Å². The molecule has 6 nitrogen and oxygen atoms in total. The molecule has 0 bridgehead atoms. The zero-order valence-corrected chi connectivity index (χ0v) is 16.3. The van der Waals surface area contributed by atoms with Crippen LogP contribution in [0.2, 0.25) is 0 Å². The van der Waals surface area contributed by atoms with Crippen molar-refractivity contribution in [3.63, 3.8) is 0 Å². The Morgan fingerprint density at radius 1 is 1.22 bits per heavy atom. The summed E-state index contributed by atoms with van der Waals surface area (Å²) < 4.78 is 44.1. The molecule has 2 aromatic carbocycles. The maximum atomic E-state index is 13.5. The number of carbonyl (C=O) groups is 1. The van der Waals surface area contributed by atoms with E-state index >= 15 is 0 Å². The third-order valence-corrected chi connectivity index (χ3v) is 5.09. The van der Waals surface area contributed by atoms with Crippen LogP contribution in [0, 0.1) is 5.82 Å². The molecular weight excluding hydrogens is 371 g/mol. The van der Waals surface area contributed by atoms with Crippen molar-refractivity contribution >= 4 is 21.6 Å². The molecule has 0 aliphatic carbocycles. The normalized spacial score (nSPS) is 12.3. The first kappa shape index (κ1) is 20.7. The number of amides is 1. The molecule has 0 heterocycles. The molecule has 146 valence electrons. The number of nitrogens with one attached hydrogen (secondary N) is 1. The van der Waals surface area contributed by atoms with Crippen LogP contribution < -0.4 is 14.4 Å². The van der Waals surface area contributed by atoms with Crippen LogP contribution in [0.15, 0.2) is 48.5 Å². The minimum atomic E-state index is -3.78. The first-order chi connectivity index (χ1) is 12.7. The standard InChI is InChI=1S/C19H23FN2O4S/c1-4-26-18-10-8-15(9-11-18)13-21-19(23)14(2)22(27(3,24)25)17-7-5-6-16(20)12-17/h5-12,14H,4,13H2,1-3H3,(H,21,23)/t14-/m0/s1. The second-order valence-corrected chi connectivity index (χ2v) is 7.87. The Hall–Kier alpha value is -2.61. The average Bonchev–Trinajstić information content (AvgIpc) is 2.60. The van der Waals surface area contributed by atoms with E-state index in [-0.39, 0.29) is 12.2 Å². The zero-order chi connectivity index (χ0) is 20.0. The van der Waals surface area contributed by atoms with E-state index < -0.39 is 27.8 Å². The van der Waals surface area contributed by atoms with Crippen molar-refractivity contribution in [1.29, 1.82) is 0 Å². The monoisotopic (exact) mass is 394 g/mol. The molecule has 0 unspecified atom stereocenters. The van der Waals surface area contributed by atoms with Gasteiger partial charge in [0, 0.05) is 6.54 Å². The number of nitrogens with zero attached hydrogens (tertiary/aromatic N) is 1. The fourth-order valence-corrected chi connectivity index (χ4v) is 3.80. The first-order valence-electron chi connectivity index (χ1n) is 8.46. The van der Waals surface area contributed by atoms with Gasteiger partial charge in [-0.3, -0.25) is 9.10 Å². The Morgan fingerprint density at radius 3 is 2.44 bits per heavy atom. The fraction of sp³-hybridized carbons (Fsp3) is 0.316. The summed E-state index contributed by atoms with van der Waals surface area (Å²) in [6, 6.07) is 11.3. The Kier molecular flexibility index (Phi) is 6.79. The van der Waals surface area contributed by atoms with Crippen molar-refractivity contribution in [3.8, 4) is 5.75 Å². The largest absolute Gasteiger partial charge is 0.494 e. The molecule has 2 rings (SSSR count). The van der Waals surface area contributed by atoms with Gasteiger partial charge in [-0.25, -0.2) is 12.8 Å². The Morgan fingerprint density at radius 2 is 1.89 bits per heavy atom. The number of sulfonamides is 1. The van der Waals surface area contributed by atoms with Crippen molar-refractivity contribution in [2.75, 3.05) is 17.2 Å². The molecule has 0 saturated carbocycles. The molecule has 0 spiro atoms. The first-order valence-corrected chi connectivity index (χ1v) is 10.3. The predicted octanol–water partition coefficient (Wildman–Crippen LogP) is 2.70. The Labute approximate surface area is 159 Å². The highest BCUT2D eigenvalue weighted by Crippen LogP contribution is 2.21. The van der Waals surface area contributed by atoms with Crippen molar-refractivity contribution < 1.29 is 22.3 Å². The summed E-state index contributed by atoms with van der Waals surface area (Å²) in [6.45, 7) is 4.15. The van der Waals surface area contributed by atoms with Gasteiger partial charge in [0.25, 0.3) is 0 Å². The smallest absolute Gasteiger partial charge is 0.243 e. The number of rotatable bonds is 8. The van der Waals surface area contributed by atoms with E-state index in [1.165, 1.54) is 25.1 Å². The van der Waals surface area contributed by atoms with Crippen molar-refractivity contribution in [2.45, 2.75) is 26.4 Å². The number of carbonyl (C=O) groups excluding carboxylic acids is 1.